The summed E-state index contributed by atoms with van der Waals surface area (Å²) < 4.78 is 1.77. The molecule has 2 rings (SSSR count). The summed E-state index contributed by atoms with van der Waals surface area (Å²) in [6.07, 6.45) is 1.95. The highest BCUT2D eigenvalue weighted by atomic mass is 15.4. The molecule has 0 aromatic carbocycles. The van der Waals surface area contributed by atoms with Crippen molar-refractivity contribution in [3.05, 3.63) is 23.9 Å². The molecule has 0 atom stereocenters. The van der Waals surface area contributed by atoms with E-state index in [2.05, 4.69) is 15.4 Å². The fourth-order valence-electron chi connectivity index (χ4n) is 1.39. The summed E-state index contributed by atoms with van der Waals surface area (Å²) in [6, 6.07) is 3.96. The highest BCUT2D eigenvalue weighted by molar-refractivity contribution is 5.44. The number of hydrogen-bond acceptors (Lipinski definition) is 4. The van der Waals surface area contributed by atoms with Gasteiger partial charge in [0.05, 0.1) is 0 Å². The van der Waals surface area contributed by atoms with Gasteiger partial charge in [0.15, 0.2) is 5.65 Å². The first-order valence-corrected chi connectivity index (χ1v) is 5.31. The first kappa shape index (κ1) is 10.9. The van der Waals surface area contributed by atoms with Gasteiger partial charge in [0.2, 0.25) is 5.95 Å². The highest BCUT2D eigenvalue weighted by Gasteiger charge is 2.17. The predicted octanol–water partition coefficient (Wildman–Crippen LogP) is 1.19. The van der Waals surface area contributed by atoms with Crippen molar-refractivity contribution in [1.82, 2.24) is 14.6 Å². The quantitative estimate of drug-likeness (QED) is 0.813. The van der Waals surface area contributed by atoms with Crippen LogP contribution in [0.5, 0.6) is 0 Å². The normalized spacial score (nSPS) is 12.0. The average Bonchev–Trinajstić information content (AvgIpc) is 2.58. The van der Waals surface area contributed by atoms with Crippen molar-refractivity contribution in [3.8, 4) is 0 Å². The number of rotatable bonds is 3. The molecule has 0 aliphatic rings. The Bertz CT molecular complexity index is 500. The molecular weight excluding hydrogens is 202 g/mol. The lowest BCUT2D eigenvalue weighted by Crippen LogP contribution is -2.39. The molecule has 2 aromatic heterocycles. The summed E-state index contributed by atoms with van der Waals surface area (Å²) in [6.45, 7) is 6.59. The Morgan fingerprint density at radius 2 is 2.19 bits per heavy atom. The van der Waals surface area contributed by atoms with Gasteiger partial charge in [-0.2, -0.15) is 4.98 Å². The standard InChI is InChI=1S/C11H17N5/c1-8-4-5-9-13-10(15-16(9)6-8)14-11(2,3)7-12/h4-6H,7,12H2,1-3H3,(H,14,15). The molecule has 2 heterocycles. The van der Waals surface area contributed by atoms with Gasteiger partial charge in [0.25, 0.3) is 0 Å². The Morgan fingerprint density at radius 1 is 1.44 bits per heavy atom. The number of hydrogen-bond donors (Lipinski definition) is 2. The first-order chi connectivity index (χ1) is 7.50. The second-order valence-corrected chi connectivity index (χ2v) is 4.66. The van der Waals surface area contributed by atoms with Gasteiger partial charge in [0, 0.05) is 18.3 Å². The summed E-state index contributed by atoms with van der Waals surface area (Å²) in [7, 11) is 0. The van der Waals surface area contributed by atoms with Crippen LogP contribution >= 0.6 is 0 Å². The van der Waals surface area contributed by atoms with E-state index in [1.165, 1.54) is 0 Å². The van der Waals surface area contributed by atoms with Crippen molar-refractivity contribution < 1.29 is 0 Å². The highest BCUT2D eigenvalue weighted by Crippen LogP contribution is 2.11. The molecule has 0 fully saturated rings. The topological polar surface area (TPSA) is 68.2 Å². The second kappa shape index (κ2) is 3.75. The molecule has 16 heavy (non-hydrogen) atoms. The molecule has 86 valence electrons. The summed E-state index contributed by atoms with van der Waals surface area (Å²) in [5.74, 6) is 0.612. The summed E-state index contributed by atoms with van der Waals surface area (Å²) >= 11 is 0. The van der Waals surface area contributed by atoms with Crippen molar-refractivity contribution >= 4 is 11.6 Å². The van der Waals surface area contributed by atoms with Gasteiger partial charge < -0.3 is 11.1 Å². The third-order valence-electron chi connectivity index (χ3n) is 2.44. The molecule has 5 heteroatoms. The molecule has 0 unspecified atom stereocenters. The van der Waals surface area contributed by atoms with Crippen molar-refractivity contribution in [2.45, 2.75) is 26.3 Å². The minimum absolute atomic E-state index is 0.194. The molecule has 0 radical (unpaired) electrons. The minimum atomic E-state index is -0.194. The lowest BCUT2D eigenvalue weighted by Gasteiger charge is -2.22. The predicted molar refractivity (Wildman–Crippen MR) is 64.5 cm³/mol. The number of fused-ring (bicyclic) bond motifs is 1. The summed E-state index contributed by atoms with van der Waals surface area (Å²) in [5.41, 5.74) is 7.44. The van der Waals surface area contributed by atoms with Crippen LogP contribution in [0.25, 0.3) is 5.65 Å². The number of nitrogens with one attached hydrogen (secondary N) is 1. The van der Waals surface area contributed by atoms with Crippen LogP contribution in [0, 0.1) is 6.92 Å². The zero-order valence-electron chi connectivity index (χ0n) is 9.86. The minimum Gasteiger partial charge on any atom is -0.347 e. The lowest BCUT2D eigenvalue weighted by molar-refractivity contribution is 0.574. The molecule has 0 spiro atoms. The molecule has 5 nitrogen and oxygen atoms in total. The van der Waals surface area contributed by atoms with Crippen LogP contribution in [0.1, 0.15) is 19.4 Å². The monoisotopic (exact) mass is 219 g/mol. The van der Waals surface area contributed by atoms with Gasteiger partial charge in [-0.1, -0.05) is 6.07 Å². The van der Waals surface area contributed by atoms with Gasteiger partial charge in [0.1, 0.15) is 0 Å². The van der Waals surface area contributed by atoms with E-state index in [1.807, 2.05) is 39.1 Å². The van der Waals surface area contributed by atoms with E-state index < -0.39 is 0 Å². The van der Waals surface area contributed by atoms with Gasteiger partial charge in [-0.25, -0.2) is 4.52 Å². The van der Waals surface area contributed by atoms with Gasteiger partial charge in [-0.05, 0) is 32.4 Å². The molecule has 0 aliphatic heterocycles. The molecule has 3 N–H and O–H groups in total. The Balaban J connectivity index is 2.33. The smallest absolute Gasteiger partial charge is 0.243 e. The Kier molecular flexibility index (Phi) is 2.55. The zero-order valence-corrected chi connectivity index (χ0v) is 9.86. The van der Waals surface area contributed by atoms with Crippen LogP contribution in [-0.4, -0.2) is 26.7 Å². The zero-order chi connectivity index (χ0) is 11.8. The maximum Gasteiger partial charge on any atom is 0.243 e. The maximum atomic E-state index is 5.65. The van der Waals surface area contributed by atoms with Crippen molar-refractivity contribution in [1.29, 1.82) is 0 Å². The van der Waals surface area contributed by atoms with E-state index in [-0.39, 0.29) is 5.54 Å². The number of pyridine rings is 1. The molecule has 0 amide bonds. The van der Waals surface area contributed by atoms with Gasteiger partial charge >= 0.3 is 0 Å². The molecule has 0 saturated heterocycles. The van der Waals surface area contributed by atoms with Crippen LogP contribution in [0.2, 0.25) is 0 Å². The van der Waals surface area contributed by atoms with E-state index >= 15 is 0 Å². The number of anilines is 1. The van der Waals surface area contributed by atoms with Crippen molar-refractivity contribution in [2.75, 3.05) is 11.9 Å². The van der Waals surface area contributed by atoms with Crippen molar-refractivity contribution in [3.63, 3.8) is 0 Å². The van der Waals surface area contributed by atoms with E-state index in [0.717, 1.165) is 11.2 Å². The third kappa shape index (κ3) is 2.14. The third-order valence-corrected chi connectivity index (χ3v) is 2.44. The Hall–Kier alpha value is -1.62. The van der Waals surface area contributed by atoms with Crippen molar-refractivity contribution in [2.24, 2.45) is 5.73 Å². The van der Waals surface area contributed by atoms with Crippen LogP contribution in [0.4, 0.5) is 5.95 Å². The molecular formula is C11H17N5. The Labute approximate surface area is 94.7 Å². The van der Waals surface area contributed by atoms with Crippen LogP contribution in [0.15, 0.2) is 18.3 Å². The fraction of sp³-hybridized carbons (Fsp3) is 0.455. The number of aryl methyl sites for hydroxylation is 1. The van der Waals surface area contributed by atoms with E-state index in [0.29, 0.717) is 12.5 Å². The Morgan fingerprint density at radius 3 is 2.88 bits per heavy atom. The fourth-order valence-corrected chi connectivity index (χ4v) is 1.39. The SMILES string of the molecule is Cc1ccc2nc(NC(C)(C)CN)nn2c1. The number of nitrogens with zero attached hydrogens (tertiary/aromatic N) is 3. The molecule has 2 aromatic rings. The van der Waals surface area contributed by atoms with E-state index in [4.69, 9.17) is 5.73 Å². The first-order valence-electron chi connectivity index (χ1n) is 5.31. The molecule has 0 bridgehead atoms. The summed E-state index contributed by atoms with van der Waals surface area (Å²) in [5, 5.41) is 7.55. The summed E-state index contributed by atoms with van der Waals surface area (Å²) in [4.78, 5) is 4.37. The van der Waals surface area contributed by atoms with Crippen LogP contribution in [0.3, 0.4) is 0 Å². The van der Waals surface area contributed by atoms with Gasteiger partial charge in [-0.3, -0.25) is 0 Å². The molecule has 0 aliphatic carbocycles. The number of aromatic nitrogens is 3. The largest absolute Gasteiger partial charge is 0.347 e. The average molecular weight is 219 g/mol. The van der Waals surface area contributed by atoms with Crippen LogP contribution in [-0.2, 0) is 0 Å². The molecule has 0 saturated carbocycles. The number of nitrogens with two attached hydrogens (primary N) is 1. The second-order valence-electron chi connectivity index (χ2n) is 4.66. The maximum absolute atomic E-state index is 5.65. The lowest BCUT2D eigenvalue weighted by atomic mass is 10.1. The van der Waals surface area contributed by atoms with E-state index in [9.17, 15) is 0 Å². The van der Waals surface area contributed by atoms with Gasteiger partial charge in [-0.15, -0.1) is 5.10 Å². The van der Waals surface area contributed by atoms with E-state index in [1.54, 1.807) is 4.52 Å². The van der Waals surface area contributed by atoms with Crippen LogP contribution < -0.4 is 11.1 Å².